The fraction of sp³-hybridized carbons (Fsp3) is 0.136. The van der Waals surface area contributed by atoms with Gasteiger partial charge in [-0.15, -0.1) is 10.2 Å². The number of hydrogen-bond donors (Lipinski definition) is 1. The van der Waals surface area contributed by atoms with Gasteiger partial charge in [-0.25, -0.2) is 0 Å². The number of hydrogen-bond acceptors (Lipinski definition) is 6. The first kappa shape index (κ1) is 19.4. The molecule has 0 amide bonds. The lowest BCUT2D eigenvalue weighted by Gasteiger charge is -2.09. The molecule has 2 heterocycles. The van der Waals surface area contributed by atoms with Crippen molar-refractivity contribution in [3.63, 3.8) is 0 Å². The van der Waals surface area contributed by atoms with Gasteiger partial charge in [0, 0.05) is 28.3 Å². The van der Waals surface area contributed by atoms with Gasteiger partial charge < -0.3 is 9.88 Å². The second kappa shape index (κ2) is 8.63. The van der Waals surface area contributed by atoms with Crippen molar-refractivity contribution in [3.8, 4) is 5.69 Å². The fourth-order valence-corrected chi connectivity index (χ4v) is 4.84. The molecule has 0 spiro atoms. The number of carbonyl (C=O) groups is 1. The van der Waals surface area contributed by atoms with E-state index in [2.05, 4.69) is 20.1 Å². The molecule has 0 saturated carbocycles. The number of benzene rings is 2. The van der Waals surface area contributed by atoms with Crippen molar-refractivity contribution in [1.29, 1.82) is 0 Å². The molecule has 0 aliphatic rings. The molecule has 0 unspecified atom stereocenters. The number of nitrogens with one attached hydrogen (secondary N) is 1. The van der Waals surface area contributed by atoms with Crippen molar-refractivity contribution in [3.05, 3.63) is 83.7 Å². The Hall–Kier alpha value is -2.90. The lowest BCUT2D eigenvalue weighted by atomic mass is 10.2. The maximum Gasteiger partial charge on any atom is 0.210 e. The van der Waals surface area contributed by atoms with Gasteiger partial charge in [-0.2, -0.15) is 0 Å². The van der Waals surface area contributed by atoms with Crippen LogP contribution in [0.3, 0.4) is 0 Å². The molecule has 4 aromatic rings. The summed E-state index contributed by atoms with van der Waals surface area (Å²) in [7, 11) is 0. The highest BCUT2D eigenvalue weighted by atomic mass is 32.2. The van der Waals surface area contributed by atoms with E-state index < -0.39 is 0 Å². The van der Waals surface area contributed by atoms with E-state index in [1.54, 1.807) is 0 Å². The van der Waals surface area contributed by atoms with Gasteiger partial charge in [-0.1, -0.05) is 59.5 Å². The summed E-state index contributed by atoms with van der Waals surface area (Å²) in [5.41, 5.74) is 4.79. The van der Waals surface area contributed by atoms with E-state index in [1.165, 1.54) is 23.1 Å². The third kappa shape index (κ3) is 4.41. The van der Waals surface area contributed by atoms with Gasteiger partial charge in [0.2, 0.25) is 5.13 Å². The average molecular weight is 421 g/mol. The fourth-order valence-electron chi connectivity index (χ4n) is 3.19. The first-order valence-electron chi connectivity index (χ1n) is 9.18. The smallest absolute Gasteiger partial charge is 0.210 e. The predicted molar refractivity (Wildman–Crippen MR) is 120 cm³/mol. The summed E-state index contributed by atoms with van der Waals surface area (Å²) in [5, 5.41) is 12.3. The van der Waals surface area contributed by atoms with Crippen LogP contribution in [0.4, 0.5) is 10.8 Å². The number of nitrogens with zero attached hydrogens (tertiary/aromatic N) is 3. The lowest BCUT2D eigenvalue weighted by Crippen LogP contribution is -2.05. The van der Waals surface area contributed by atoms with Crippen LogP contribution in [0.2, 0.25) is 0 Å². The highest BCUT2D eigenvalue weighted by Gasteiger charge is 2.17. The molecule has 0 radical (unpaired) electrons. The van der Waals surface area contributed by atoms with Crippen molar-refractivity contribution in [1.82, 2.24) is 14.8 Å². The largest absolute Gasteiger partial charge is 0.330 e. The topological polar surface area (TPSA) is 59.8 Å². The SMILES string of the molecule is Cc1cc(C(=O)CSc2nnc(Nc3ccccc3)s2)c(C)n1-c1ccccc1. The second-order valence-electron chi connectivity index (χ2n) is 6.53. The van der Waals surface area contributed by atoms with Crippen LogP contribution in [-0.4, -0.2) is 26.3 Å². The van der Waals surface area contributed by atoms with E-state index in [4.69, 9.17) is 0 Å². The van der Waals surface area contributed by atoms with Gasteiger partial charge in [0.05, 0.1) is 5.75 Å². The maximum atomic E-state index is 12.8. The van der Waals surface area contributed by atoms with Gasteiger partial charge in [-0.3, -0.25) is 4.79 Å². The molecule has 7 heteroatoms. The maximum absolute atomic E-state index is 12.8. The van der Waals surface area contributed by atoms with E-state index in [9.17, 15) is 4.79 Å². The average Bonchev–Trinajstić information content (AvgIpc) is 3.31. The number of aromatic nitrogens is 3. The van der Waals surface area contributed by atoms with Crippen LogP contribution in [-0.2, 0) is 0 Å². The summed E-state index contributed by atoms with van der Waals surface area (Å²) >= 11 is 2.87. The summed E-state index contributed by atoms with van der Waals surface area (Å²) in [6, 6.07) is 21.9. The number of para-hydroxylation sites is 2. The first-order chi connectivity index (χ1) is 14.1. The molecule has 2 aromatic carbocycles. The minimum Gasteiger partial charge on any atom is -0.330 e. The Kier molecular flexibility index (Phi) is 5.78. The zero-order chi connectivity index (χ0) is 20.2. The zero-order valence-electron chi connectivity index (χ0n) is 16.1. The number of rotatable bonds is 7. The van der Waals surface area contributed by atoms with Crippen LogP contribution in [0.25, 0.3) is 5.69 Å². The van der Waals surface area contributed by atoms with Gasteiger partial charge >= 0.3 is 0 Å². The quantitative estimate of drug-likeness (QED) is 0.309. The van der Waals surface area contributed by atoms with E-state index in [0.717, 1.165) is 32.7 Å². The molecule has 4 rings (SSSR count). The number of aryl methyl sites for hydroxylation is 1. The van der Waals surface area contributed by atoms with Crippen molar-refractivity contribution in [2.75, 3.05) is 11.1 Å². The van der Waals surface area contributed by atoms with Crippen molar-refractivity contribution in [2.24, 2.45) is 0 Å². The standard InChI is InChI=1S/C22H20N4OS2/c1-15-13-19(16(2)26(15)18-11-7-4-8-12-18)20(27)14-28-22-25-24-21(29-22)23-17-9-5-3-6-10-17/h3-13H,14H2,1-2H3,(H,23,24). The van der Waals surface area contributed by atoms with Crippen LogP contribution >= 0.6 is 23.1 Å². The molecule has 0 fully saturated rings. The van der Waals surface area contributed by atoms with Crippen LogP contribution in [0.5, 0.6) is 0 Å². The van der Waals surface area contributed by atoms with Gasteiger partial charge in [0.25, 0.3) is 0 Å². The number of ketones is 1. The highest BCUT2D eigenvalue weighted by molar-refractivity contribution is 8.01. The summed E-state index contributed by atoms with van der Waals surface area (Å²) in [4.78, 5) is 12.8. The summed E-state index contributed by atoms with van der Waals surface area (Å²) in [6.07, 6.45) is 0. The number of Topliss-reactive ketones (excluding diaryl/α,β-unsaturated/α-hetero) is 1. The molecular weight excluding hydrogens is 400 g/mol. The third-order valence-electron chi connectivity index (χ3n) is 4.50. The molecule has 0 aliphatic carbocycles. The van der Waals surface area contributed by atoms with E-state index >= 15 is 0 Å². The molecule has 1 N–H and O–H groups in total. The van der Waals surface area contributed by atoms with E-state index in [0.29, 0.717) is 10.9 Å². The number of carbonyl (C=O) groups excluding carboxylic acids is 1. The molecule has 29 heavy (non-hydrogen) atoms. The molecule has 146 valence electrons. The summed E-state index contributed by atoms with van der Waals surface area (Å²) < 4.78 is 2.89. The lowest BCUT2D eigenvalue weighted by molar-refractivity contribution is 0.102. The predicted octanol–water partition coefficient (Wildman–Crippen LogP) is 5.66. The number of anilines is 2. The van der Waals surface area contributed by atoms with Gasteiger partial charge in [-0.05, 0) is 44.2 Å². The molecule has 5 nitrogen and oxygen atoms in total. The minimum atomic E-state index is 0.0954. The summed E-state index contributed by atoms with van der Waals surface area (Å²) in [5.74, 6) is 0.428. The summed E-state index contributed by atoms with van der Waals surface area (Å²) in [6.45, 7) is 4.01. The third-order valence-corrected chi connectivity index (χ3v) is 6.48. The molecule has 0 saturated heterocycles. The number of thioether (sulfide) groups is 1. The van der Waals surface area contributed by atoms with Crippen LogP contribution in [0.1, 0.15) is 21.7 Å². The molecule has 0 bridgehead atoms. The van der Waals surface area contributed by atoms with Crippen LogP contribution < -0.4 is 5.32 Å². The first-order valence-corrected chi connectivity index (χ1v) is 11.0. The van der Waals surface area contributed by atoms with Crippen molar-refractivity contribution >= 4 is 39.7 Å². The minimum absolute atomic E-state index is 0.0954. The normalized spacial score (nSPS) is 10.8. The zero-order valence-corrected chi connectivity index (χ0v) is 17.8. The molecular formula is C22H20N4OS2. The Balaban J connectivity index is 1.43. The van der Waals surface area contributed by atoms with Crippen LogP contribution in [0.15, 0.2) is 71.1 Å². The Morgan fingerprint density at radius 3 is 2.45 bits per heavy atom. The highest BCUT2D eigenvalue weighted by Crippen LogP contribution is 2.29. The molecule has 2 aromatic heterocycles. The van der Waals surface area contributed by atoms with Crippen molar-refractivity contribution < 1.29 is 4.79 Å². The van der Waals surface area contributed by atoms with Gasteiger partial charge in [0.15, 0.2) is 10.1 Å². The Morgan fingerprint density at radius 2 is 1.72 bits per heavy atom. The van der Waals surface area contributed by atoms with Crippen LogP contribution in [0, 0.1) is 13.8 Å². The van der Waals surface area contributed by atoms with Crippen molar-refractivity contribution in [2.45, 2.75) is 18.2 Å². The Morgan fingerprint density at radius 1 is 1.03 bits per heavy atom. The Bertz CT molecular complexity index is 1120. The molecule has 0 aliphatic heterocycles. The second-order valence-corrected chi connectivity index (χ2v) is 8.73. The monoisotopic (exact) mass is 420 g/mol. The Labute approximate surface area is 177 Å². The van der Waals surface area contributed by atoms with Gasteiger partial charge in [0.1, 0.15) is 0 Å². The molecule has 0 atom stereocenters. The van der Waals surface area contributed by atoms with E-state index in [-0.39, 0.29) is 5.78 Å². The van der Waals surface area contributed by atoms with E-state index in [1.807, 2.05) is 80.6 Å².